The summed E-state index contributed by atoms with van der Waals surface area (Å²) in [4.78, 5) is 0.182. The Balaban J connectivity index is 2.11. The minimum Gasteiger partial charge on any atom is -0.478 e. The molecular formula is C14H16FN3O2S. The van der Waals surface area contributed by atoms with Crippen LogP contribution < -0.4 is 4.74 Å². The summed E-state index contributed by atoms with van der Waals surface area (Å²) in [6, 6.07) is 4.21. The van der Waals surface area contributed by atoms with Gasteiger partial charge in [-0.25, -0.2) is 18.1 Å². The molecule has 0 amide bonds. The third-order valence-electron chi connectivity index (χ3n) is 3.53. The average molecular weight is 309 g/mol. The van der Waals surface area contributed by atoms with Gasteiger partial charge in [-0.15, -0.1) is 0 Å². The lowest BCUT2D eigenvalue weighted by Gasteiger charge is -2.14. The van der Waals surface area contributed by atoms with E-state index in [0.29, 0.717) is 23.7 Å². The van der Waals surface area contributed by atoms with Gasteiger partial charge in [0.2, 0.25) is 5.88 Å². The summed E-state index contributed by atoms with van der Waals surface area (Å²) in [6.45, 7) is 3.25. The quantitative estimate of drug-likeness (QED) is 0.927. The lowest BCUT2D eigenvalue weighted by molar-refractivity contribution is 0.229. The molecule has 7 heteroatoms. The van der Waals surface area contributed by atoms with E-state index in [-0.39, 0.29) is 4.90 Å². The van der Waals surface area contributed by atoms with E-state index in [1.165, 1.54) is 18.4 Å². The van der Waals surface area contributed by atoms with Crippen LogP contribution in [0, 0.1) is 17.5 Å². The number of benzene rings is 1. The van der Waals surface area contributed by atoms with Crippen LogP contribution in [-0.4, -0.2) is 26.9 Å². The van der Waals surface area contributed by atoms with Gasteiger partial charge in [0.05, 0.1) is 16.3 Å². The standard InChI is InChI=1S/C14H16FN3O2S/c1-9-13(17-18-6-3-7-20-14(9)18)11-5-4-10(8-12(11)15)21(2,16)19/h4-5,8,16H,3,6-7H2,1-2H3. The summed E-state index contributed by atoms with van der Waals surface area (Å²) in [6.07, 6.45) is 2.15. The third kappa shape index (κ3) is 2.42. The highest BCUT2D eigenvalue weighted by Crippen LogP contribution is 2.33. The number of nitrogens with zero attached hydrogens (tertiary/aromatic N) is 2. The number of hydrogen-bond acceptors (Lipinski definition) is 4. The maximum absolute atomic E-state index is 14.3. The Morgan fingerprint density at radius 1 is 1.48 bits per heavy atom. The van der Waals surface area contributed by atoms with E-state index in [1.54, 1.807) is 4.68 Å². The monoisotopic (exact) mass is 309 g/mol. The van der Waals surface area contributed by atoms with Crippen molar-refractivity contribution in [3.63, 3.8) is 0 Å². The maximum Gasteiger partial charge on any atom is 0.215 e. The second-order valence-electron chi connectivity index (χ2n) is 5.19. The number of rotatable bonds is 2. The largest absolute Gasteiger partial charge is 0.478 e. The number of hydrogen-bond donors (Lipinski definition) is 1. The zero-order chi connectivity index (χ0) is 15.2. The fraction of sp³-hybridized carbons (Fsp3) is 0.357. The summed E-state index contributed by atoms with van der Waals surface area (Å²) in [5, 5.41) is 4.41. The van der Waals surface area contributed by atoms with Crippen molar-refractivity contribution >= 4 is 9.73 Å². The Bertz CT molecular complexity index is 812. The fourth-order valence-electron chi connectivity index (χ4n) is 2.44. The van der Waals surface area contributed by atoms with Crippen molar-refractivity contribution in [3.05, 3.63) is 29.6 Å². The van der Waals surface area contributed by atoms with E-state index < -0.39 is 15.5 Å². The van der Waals surface area contributed by atoms with Crippen LogP contribution in [-0.2, 0) is 16.3 Å². The highest BCUT2D eigenvalue weighted by molar-refractivity contribution is 7.91. The van der Waals surface area contributed by atoms with Crippen molar-refractivity contribution in [2.45, 2.75) is 24.8 Å². The molecule has 1 N–H and O–H groups in total. The van der Waals surface area contributed by atoms with Crippen molar-refractivity contribution in [2.24, 2.45) is 0 Å². The topological polar surface area (TPSA) is 68.0 Å². The highest BCUT2D eigenvalue weighted by atomic mass is 32.2. The van der Waals surface area contributed by atoms with Gasteiger partial charge in [0.25, 0.3) is 0 Å². The molecule has 2 aromatic rings. The van der Waals surface area contributed by atoms with E-state index in [4.69, 9.17) is 9.52 Å². The fourth-order valence-corrected chi connectivity index (χ4v) is 3.10. The molecular weight excluding hydrogens is 293 g/mol. The van der Waals surface area contributed by atoms with Crippen molar-refractivity contribution in [3.8, 4) is 17.1 Å². The summed E-state index contributed by atoms with van der Waals surface area (Å²) >= 11 is 0. The van der Waals surface area contributed by atoms with Crippen LogP contribution in [0.4, 0.5) is 4.39 Å². The van der Waals surface area contributed by atoms with Gasteiger partial charge < -0.3 is 4.74 Å². The molecule has 1 aromatic heterocycles. The Kier molecular flexibility index (Phi) is 3.24. The summed E-state index contributed by atoms with van der Waals surface area (Å²) < 4.78 is 40.8. The molecule has 0 saturated heterocycles. The summed E-state index contributed by atoms with van der Waals surface area (Å²) in [7, 11) is -2.93. The third-order valence-corrected chi connectivity index (χ3v) is 4.68. The van der Waals surface area contributed by atoms with E-state index in [0.717, 1.165) is 24.6 Å². The SMILES string of the molecule is Cc1c(-c2ccc(S(C)(=N)=O)cc2F)nn2c1OCCC2. The number of aryl methyl sites for hydroxylation is 1. The normalized spacial score (nSPS) is 16.9. The van der Waals surface area contributed by atoms with Gasteiger partial charge in [0.15, 0.2) is 0 Å². The second kappa shape index (κ2) is 4.84. The van der Waals surface area contributed by atoms with Gasteiger partial charge >= 0.3 is 0 Å². The molecule has 5 nitrogen and oxygen atoms in total. The van der Waals surface area contributed by atoms with Gasteiger partial charge in [-0.3, -0.25) is 0 Å². The molecule has 1 unspecified atom stereocenters. The Labute approximate surface area is 122 Å². The Morgan fingerprint density at radius 3 is 2.86 bits per heavy atom. The molecule has 3 rings (SSSR count). The molecule has 21 heavy (non-hydrogen) atoms. The summed E-state index contributed by atoms with van der Waals surface area (Å²) in [5.41, 5.74) is 1.67. The van der Waals surface area contributed by atoms with E-state index in [2.05, 4.69) is 5.10 Å². The molecule has 0 spiro atoms. The Morgan fingerprint density at radius 2 is 2.24 bits per heavy atom. The minimum absolute atomic E-state index is 0.182. The highest BCUT2D eigenvalue weighted by Gasteiger charge is 2.22. The number of aromatic nitrogens is 2. The van der Waals surface area contributed by atoms with Crippen molar-refractivity contribution in [2.75, 3.05) is 12.9 Å². The maximum atomic E-state index is 14.3. The predicted molar refractivity (Wildman–Crippen MR) is 77.5 cm³/mol. The first-order chi connectivity index (χ1) is 9.88. The molecule has 1 atom stereocenters. The van der Waals surface area contributed by atoms with Crippen molar-refractivity contribution in [1.82, 2.24) is 9.78 Å². The molecule has 1 aliphatic heterocycles. The Hall–Kier alpha value is -1.89. The van der Waals surface area contributed by atoms with Crippen LogP contribution in [0.3, 0.4) is 0 Å². The first kappa shape index (κ1) is 14.1. The smallest absolute Gasteiger partial charge is 0.215 e. The van der Waals surface area contributed by atoms with Crippen LogP contribution in [0.1, 0.15) is 12.0 Å². The van der Waals surface area contributed by atoms with Crippen LogP contribution in [0.2, 0.25) is 0 Å². The molecule has 112 valence electrons. The summed E-state index contributed by atoms with van der Waals surface area (Å²) in [5.74, 6) is 0.160. The molecule has 0 fully saturated rings. The molecule has 0 bridgehead atoms. The van der Waals surface area contributed by atoms with Gasteiger partial charge in [-0.05, 0) is 25.1 Å². The molecule has 0 radical (unpaired) electrons. The minimum atomic E-state index is -2.93. The molecule has 0 aliphatic carbocycles. The molecule has 0 saturated carbocycles. The van der Waals surface area contributed by atoms with Crippen molar-refractivity contribution in [1.29, 1.82) is 4.78 Å². The molecule has 2 heterocycles. The molecule has 1 aromatic carbocycles. The van der Waals surface area contributed by atoms with E-state index in [9.17, 15) is 8.60 Å². The average Bonchev–Trinajstić information content (AvgIpc) is 2.75. The van der Waals surface area contributed by atoms with Gasteiger partial charge in [0.1, 0.15) is 11.5 Å². The lowest BCUT2D eigenvalue weighted by Crippen LogP contribution is -2.14. The second-order valence-corrected chi connectivity index (χ2v) is 7.35. The van der Waals surface area contributed by atoms with Gasteiger partial charge in [-0.1, -0.05) is 0 Å². The predicted octanol–water partition coefficient (Wildman–Crippen LogP) is 2.82. The number of halogens is 1. The number of ether oxygens (including phenoxy) is 1. The van der Waals surface area contributed by atoms with Crippen LogP contribution in [0.25, 0.3) is 11.3 Å². The van der Waals surface area contributed by atoms with Gasteiger partial charge in [-0.2, -0.15) is 5.10 Å². The van der Waals surface area contributed by atoms with Crippen LogP contribution in [0.5, 0.6) is 5.88 Å². The lowest BCUT2D eigenvalue weighted by atomic mass is 10.1. The van der Waals surface area contributed by atoms with E-state index in [1.807, 2.05) is 6.92 Å². The van der Waals surface area contributed by atoms with Crippen LogP contribution in [0.15, 0.2) is 23.1 Å². The van der Waals surface area contributed by atoms with Gasteiger partial charge in [0, 0.05) is 35.2 Å². The first-order valence-electron chi connectivity index (χ1n) is 6.62. The zero-order valence-corrected chi connectivity index (χ0v) is 12.7. The van der Waals surface area contributed by atoms with E-state index >= 15 is 0 Å². The number of nitrogens with one attached hydrogen (secondary N) is 1. The van der Waals surface area contributed by atoms with Crippen LogP contribution >= 0.6 is 0 Å². The number of fused-ring (bicyclic) bond motifs is 1. The zero-order valence-electron chi connectivity index (χ0n) is 11.9. The first-order valence-corrected chi connectivity index (χ1v) is 8.58. The molecule has 1 aliphatic rings. The van der Waals surface area contributed by atoms with Crippen molar-refractivity contribution < 1.29 is 13.3 Å².